The van der Waals surface area contributed by atoms with Crippen molar-refractivity contribution in [1.82, 2.24) is 5.43 Å². The second-order valence-electron chi connectivity index (χ2n) is 4.59. The van der Waals surface area contributed by atoms with Gasteiger partial charge in [-0.25, -0.2) is 5.43 Å². The lowest BCUT2D eigenvalue weighted by Gasteiger charge is -1.97. The molecule has 2 aromatic carbocycles. The molecule has 5 heteroatoms. The number of hydrogen-bond donors (Lipinski definition) is 2. The van der Waals surface area contributed by atoms with Gasteiger partial charge in [0.2, 0.25) is 5.96 Å². The first-order valence-corrected chi connectivity index (χ1v) is 7.05. The maximum atomic E-state index is 5.64. The molecule has 0 aliphatic heterocycles. The van der Waals surface area contributed by atoms with Crippen LogP contribution >= 0.6 is 0 Å². The number of hydrogen-bond acceptors (Lipinski definition) is 3. The quantitative estimate of drug-likeness (QED) is 0.487. The Hall–Kier alpha value is -2.95. The van der Waals surface area contributed by atoms with Gasteiger partial charge in [-0.1, -0.05) is 60.7 Å². The molecule has 5 nitrogen and oxygen atoms in total. The fourth-order valence-electron chi connectivity index (χ4n) is 1.76. The predicted octanol–water partition coefficient (Wildman–Crippen LogP) is 2.35. The first-order valence-electron chi connectivity index (χ1n) is 7.05. The van der Waals surface area contributed by atoms with Gasteiger partial charge in [-0.05, 0) is 11.1 Å². The van der Waals surface area contributed by atoms with E-state index in [9.17, 15) is 0 Å². The number of nitrogens with zero attached hydrogens (tertiary/aromatic N) is 3. The molecular formula is C17H19N5. The summed E-state index contributed by atoms with van der Waals surface area (Å²) in [6.07, 6.45) is 4.90. The monoisotopic (exact) mass is 293 g/mol. The fourth-order valence-corrected chi connectivity index (χ4v) is 1.76. The Labute approximate surface area is 130 Å². The van der Waals surface area contributed by atoms with Crippen LogP contribution in [0.3, 0.4) is 0 Å². The van der Waals surface area contributed by atoms with Crippen molar-refractivity contribution in [2.45, 2.75) is 12.8 Å². The van der Waals surface area contributed by atoms with Gasteiger partial charge < -0.3 is 5.73 Å². The molecule has 0 radical (unpaired) electrons. The van der Waals surface area contributed by atoms with Crippen LogP contribution in [-0.2, 0) is 12.8 Å². The van der Waals surface area contributed by atoms with E-state index in [4.69, 9.17) is 5.73 Å². The summed E-state index contributed by atoms with van der Waals surface area (Å²) in [5, 5.41) is 11.7. The van der Waals surface area contributed by atoms with Gasteiger partial charge in [0, 0.05) is 25.3 Å². The van der Waals surface area contributed by atoms with Crippen LogP contribution in [0.15, 0.2) is 76.0 Å². The predicted molar refractivity (Wildman–Crippen MR) is 92.0 cm³/mol. The Kier molecular flexibility index (Phi) is 6.37. The molecule has 0 aliphatic rings. The van der Waals surface area contributed by atoms with E-state index < -0.39 is 0 Å². The van der Waals surface area contributed by atoms with E-state index in [1.165, 1.54) is 11.1 Å². The van der Waals surface area contributed by atoms with Gasteiger partial charge in [0.25, 0.3) is 0 Å². The van der Waals surface area contributed by atoms with Crippen LogP contribution in [0.25, 0.3) is 0 Å². The molecule has 2 aromatic rings. The Morgan fingerprint density at radius 1 is 0.864 bits per heavy atom. The number of nitrogens with one attached hydrogen (secondary N) is 1. The topological polar surface area (TPSA) is 75.1 Å². The minimum Gasteiger partial charge on any atom is -0.367 e. The molecule has 0 amide bonds. The van der Waals surface area contributed by atoms with Crippen molar-refractivity contribution in [3.8, 4) is 0 Å². The minimum atomic E-state index is 0.161. The summed E-state index contributed by atoms with van der Waals surface area (Å²) >= 11 is 0. The van der Waals surface area contributed by atoms with Gasteiger partial charge in [0.15, 0.2) is 0 Å². The molecule has 0 aromatic heterocycles. The summed E-state index contributed by atoms with van der Waals surface area (Å²) in [6.45, 7) is 0. The average Bonchev–Trinajstić information content (AvgIpc) is 2.57. The van der Waals surface area contributed by atoms with Crippen molar-refractivity contribution >= 4 is 18.4 Å². The van der Waals surface area contributed by atoms with Crippen molar-refractivity contribution in [1.29, 1.82) is 0 Å². The molecule has 0 fully saturated rings. The highest BCUT2D eigenvalue weighted by Crippen LogP contribution is 1.98. The van der Waals surface area contributed by atoms with E-state index >= 15 is 0 Å². The van der Waals surface area contributed by atoms with Crippen LogP contribution in [0.4, 0.5) is 0 Å². The summed E-state index contributed by atoms with van der Waals surface area (Å²) in [5.74, 6) is 0.161. The van der Waals surface area contributed by atoms with Crippen molar-refractivity contribution in [3.63, 3.8) is 0 Å². The Morgan fingerprint density at radius 3 is 2.00 bits per heavy atom. The van der Waals surface area contributed by atoms with E-state index in [-0.39, 0.29) is 5.96 Å². The summed E-state index contributed by atoms with van der Waals surface area (Å²) in [7, 11) is 0. The number of benzene rings is 2. The number of hydrazone groups is 1. The SMILES string of the molecule is N/C(=N\N=C\Cc1ccccc1)N/N=C/Cc1ccccc1. The normalized spacial score (nSPS) is 12.1. The van der Waals surface area contributed by atoms with Crippen LogP contribution in [0.5, 0.6) is 0 Å². The number of rotatable bonds is 6. The second kappa shape index (κ2) is 9.07. The highest BCUT2D eigenvalue weighted by Gasteiger charge is 1.89. The highest BCUT2D eigenvalue weighted by atomic mass is 15.4. The molecule has 2 rings (SSSR count). The molecule has 0 atom stereocenters. The summed E-state index contributed by atoms with van der Waals surface area (Å²) in [4.78, 5) is 0. The zero-order valence-corrected chi connectivity index (χ0v) is 12.3. The lowest BCUT2D eigenvalue weighted by Crippen LogP contribution is -2.26. The standard InChI is InChI=1S/C17H19N5/c18-17(21-19-13-11-15-7-3-1-4-8-15)22-20-14-12-16-9-5-2-6-10-16/h1-10,13-14H,11-12H2,(H3,18,21,22)/b19-13+,20-14+. The molecule has 0 saturated carbocycles. The van der Waals surface area contributed by atoms with Crippen LogP contribution in [0.1, 0.15) is 11.1 Å². The maximum Gasteiger partial charge on any atom is 0.234 e. The van der Waals surface area contributed by atoms with E-state index in [1.807, 2.05) is 60.7 Å². The molecule has 0 heterocycles. The smallest absolute Gasteiger partial charge is 0.234 e. The van der Waals surface area contributed by atoms with E-state index in [2.05, 4.69) is 20.7 Å². The van der Waals surface area contributed by atoms with Gasteiger partial charge in [-0.2, -0.15) is 10.2 Å². The van der Waals surface area contributed by atoms with Crippen molar-refractivity contribution in [3.05, 3.63) is 71.8 Å². The highest BCUT2D eigenvalue weighted by molar-refractivity contribution is 5.79. The summed E-state index contributed by atoms with van der Waals surface area (Å²) in [6, 6.07) is 20.1. The lowest BCUT2D eigenvalue weighted by atomic mass is 10.2. The van der Waals surface area contributed by atoms with Crippen molar-refractivity contribution in [2.75, 3.05) is 0 Å². The molecule has 0 bridgehead atoms. The number of guanidine groups is 1. The van der Waals surface area contributed by atoms with Gasteiger partial charge in [-0.3, -0.25) is 0 Å². The van der Waals surface area contributed by atoms with E-state index in [0.717, 1.165) is 12.8 Å². The first kappa shape index (κ1) is 15.4. The van der Waals surface area contributed by atoms with Crippen LogP contribution in [-0.4, -0.2) is 18.4 Å². The molecule has 22 heavy (non-hydrogen) atoms. The molecule has 112 valence electrons. The van der Waals surface area contributed by atoms with Crippen molar-refractivity contribution < 1.29 is 0 Å². The summed E-state index contributed by atoms with van der Waals surface area (Å²) < 4.78 is 0. The minimum absolute atomic E-state index is 0.161. The van der Waals surface area contributed by atoms with Crippen molar-refractivity contribution in [2.24, 2.45) is 21.0 Å². The third-order valence-corrected chi connectivity index (χ3v) is 2.86. The average molecular weight is 293 g/mol. The van der Waals surface area contributed by atoms with E-state index in [0.29, 0.717) is 0 Å². The van der Waals surface area contributed by atoms with Gasteiger partial charge in [0.1, 0.15) is 0 Å². The summed E-state index contributed by atoms with van der Waals surface area (Å²) in [5.41, 5.74) is 10.6. The van der Waals surface area contributed by atoms with Crippen LogP contribution < -0.4 is 11.2 Å². The third-order valence-electron chi connectivity index (χ3n) is 2.86. The maximum absolute atomic E-state index is 5.64. The molecule has 0 aliphatic carbocycles. The Bertz CT molecular complexity index is 633. The second-order valence-corrected chi connectivity index (χ2v) is 4.59. The first-order chi connectivity index (χ1) is 10.8. The Morgan fingerprint density at radius 2 is 1.41 bits per heavy atom. The molecule has 3 N–H and O–H groups in total. The third kappa shape index (κ3) is 6.00. The zero-order chi connectivity index (χ0) is 15.5. The van der Waals surface area contributed by atoms with Gasteiger partial charge in [0.05, 0.1) is 0 Å². The fraction of sp³-hybridized carbons (Fsp3) is 0.118. The van der Waals surface area contributed by atoms with Gasteiger partial charge >= 0.3 is 0 Å². The number of nitrogens with two attached hydrogens (primary N) is 1. The van der Waals surface area contributed by atoms with Gasteiger partial charge in [-0.15, -0.1) is 5.10 Å². The molecule has 0 saturated heterocycles. The molecular weight excluding hydrogens is 274 g/mol. The Balaban J connectivity index is 1.71. The zero-order valence-electron chi connectivity index (χ0n) is 12.3. The van der Waals surface area contributed by atoms with E-state index in [1.54, 1.807) is 12.4 Å². The van der Waals surface area contributed by atoms with Crippen LogP contribution in [0.2, 0.25) is 0 Å². The largest absolute Gasteiger partial charge is 0.367 e. The lowest BCUT2D eigenvalue weighted by molar-refractivity contribution is 0.986. The molecule has 0 unspecified atom stereocenters. The van der Waals surface area contributed by atoms with Crippen LogP contribution in [0, 0.1) is 0 Å². The molecule has 0 spiro atoms.